The number of hydrogen-bond donors (Lipinski definition) is 2. The van der Waals surface area contributed by atoms with Crippen LogP contribution in [0.2, 0.25) is 0 Å². The van der Waals surface area contributed by atoms with Crippen molar-refractivity contribution in [3.63, 3.8) is 0 Å². The van der Waals surface area contributed by atoms with E-state index in [1.54, 1.807) is 0 Å². The van der Waals surface area contributed by atoms with Gasteiger partial charge in [0, 0.05) is 0 Å². The number of nitrogens with two attached hydrogens (primary N) is 2. The maximum Gasteiger partial charge on any atom is 0.238 e. The van der Waals surface area contributed by atoms with Gasteiger partial charge in [-0.1, -0.05) is 19.3 Å². The van der Waals surface area contributed by atoms with E-state index in [0.717, 1.165) is 32.1 Å². The summed E-state index contributed by atoms with van der Waals surface area (Å²) in [5.41, 5.74) is 11.0. The lowest BCUT2D eigenvalue weighted by molar-refractivity contribution is -0.126. The predicted octanol–water partition coefficient (Wildman–Crippen LogP) is 0.913. The quantitative estimate of drug-likeness (QED) is 0.633. The van der Waals surface area contributed by atoms with Crippen LogP contribution in [0.25, 0.3) is 0 Å². The Morgan fingerprint density at radius 1 is 1.00 bits per heavy atom. The average molecular weight is 182 g/mol. The predicted molar refractivity (Wildman–Crippen MR) is 50.9 cm³/mol. The molecule has 3 heteroatoms. The zero-order valence-corrected chi connectivity index (χ0v) is 8.01. The SMILES string of the molecule is NC(=O)C1(N)CCCCCC12CC2. The molecule has 2 saturated carbocycles. The summed E-state index contributed by atoms with van der Waals surface area (Å²) in [4.78, 5) is 11.4. The first-order valence-corrected chi connectivity index (χ1v) is 5.20. The third-order valence-corrected chi connectivity index (χ3v) is 3.97. The van der Waals surface area contributed by atoms with E-state index >= 15 is 0 Å². The van der Waals surface area contributed by atoms with Gasteiger partial charge in [-0.25, -0.2) is 0 Å². The highest BCUT2D eigenvalue weighted by molar-refractivity contribution is 5.86. The lowest BCUT2D eigenvalue weighted by atomic mass is 9.77. The number of rotatable bonds is 1. The van der Waals surface area contributed by atoms with Crippen LogP contribution in [0.4, 0.5) is 0 Å². The normalized spacial score (nSPS) is 37.0. The van der Waals surface area contributed by atoms with E-state index in [9.17, 15) is 4.79 Å². The first-order chi connectivity index (χ1) is 6.11. The summed E-state index contributed by atoms with van der Waals surface area (Å²) in [6.07, 6.45) is 7.58. The Morgan fingerprint density at radius 3 is 2.15 bits per heavy atom. The van der Waals surface area contributed by atoms with Gasteiger partial charge in [0.15, 0.2) is 0 Å². The first kappa shape index (κ1) is 9.00. The molecule has 0 radical (unpaired) electrons. The number of amides is 1. The monoisotopic (exact) mass is 182 g/mol. The Morgan fingerprint density at radius 2 is 1.62 bits per heavy atom. The molecule has 0 saturated heterocycles. The van der Waals surface area contributed by atoms with Crippen molar-refractivity contribution in [3.05, 3.63) is 0 Å². The molecule has 1 spiro atoms. The summed E-state index contributed by atoms with van der Waals surface area (Å²) >= 11 is 0. The fourth-order valence-corrected chi connectivity index (χ4v) is 2.76. The lowest BCUT2D eigenvalue weighted by Gasteiger charge is -2.33. The molecule has 0 aliphatic heterocycles. The van der Waals surface area contributed by atoms with E-state index in [0.29, 0.717) is 0 Å². The minimum absolute atomic E-state index is 0.0926. The molecule has 0 bridgehead atoms. The minimum atomic E-state index is -0.691. The van der Waals surface area contributed by atoms with Crippen molar-refractivity contribution >= 4 is 5.91 Å². The van der Waals surface area contributed by atoms with Gasteiger partial charge >= 0.3 is 0 Å². The summed E-state index contributed by atoms with van der Waals surface area (Å²) in [6, 6.07) is 0. The van der Waals surface area contributed by atoms with Crippen LogP contribution in [-0.4, -0.2) is 11.4 Å². The number of carbonyl (C=O) groups excluding carboxylic acids is 1. The Bertz CT molecular complexity index is 235. The van der Waals surface area contributed by atoms with Gasteiger partial charge < -0.3 is 11.5 Å². The molecule has 3 nitrogen and oxygen atoms in total. The summed E-state index contributed by atoms with van der Waals surface area (Å²) in [6.45, 7) is 0. The Hall–Kier alpha value is -0.570. The summed E-state index contributed by atoms with van der Waals surface area (Å²) in [7, 11) is 0. The maximum atomic E-state index is 11.4. The largest absolute Gasteiger partial charge is 0.368 e. The van der Waals surface area contributed by atoms with Gasteiger partial charge in [0.05, 0.1) is 0 Å². The molecule has 1 amide bonds. The van der Waals surface area contributed by atoms with Gasteiger partial charge in [-0.15, -0.1) is 0 Å². The molecule has 74 valence electrons. The van der Waals surface area contributed by atoms with E-state index in [4.69, 9.17) is 11.5 Å². The fraction of sp³-hybridized carbons (Fsp3) is 0.900. The summed E-state index contributed by atoms with van der Waals surface area (Å²) in [5.74, 6) is -0.285. The van der Waals surface area contributed by atoms with Gasteiger partial charge in [0.2, 0.25) is 5.91 Å². The molecule has 2 aliphatic carbocycles. The van der Waals surface area contributed by atoms with Crippen LogP contribution in [-0.2, 0) is 4.79 Å². The molecule has 4 N–H and O–H groups in total. The molecule has 1 atom stereocenters. The Labute approximate surface area is 78.9 Å². The van der Waals surface area contributed by atoms with Crippen LogP contribution < -0.4 is 11.5 Å². The fourth-order valence-electron chi connectivity index (χ4n) is 2.76. The van der Waals surface area contributed by atoms with Crippen molar-refractivity contribution in [2.75, 3.05) is 0 Å². The number of carbonyl (C=O) groups is 1. The molecule has 13 heavy (non-hydrogen) atoms. The molecule has 2 aliphatic rings. The van der Waals surface area contributed by atoms with Gasteiger partial charge in [-0.2, -0.15) is 0 Å². The highest BCUT2D eigenvalue weighted by atomic mass is 16.1. The Balaban J connectivity index is 2.26. The molecular weight excluding hydrogens is 164 g/mol. The number of hydrogen-bond acceptors (Lipinski definition) is 2. The highest BCUT2D eigenvalue weighted by Gasteiger charge is 2.60. The third kappa shape index (κ3) is 1.17. The van der Waals surface area contributed by atoms with E-state index in [2.05, 4.69) is 0 Å². The van der Waals surface area contributed by atoms with Crippen LogP contribution in [0.3, 0.4) is 0 Å². The zero-order valence-electron chi connectivity index (χ0n) is 8.01. The zero-order chi connectivity index (χ0) is 9.53. The smallest absolute Gasteiger partial charge is 0.238 e. The van der Waals surface area contributed by atoms with E-state index < -0.39 is 5.54 Å². The molecule has 1 unspecified atom stereocenters. The van der Waals surface area contributed by atoms with Crippen molar-refractivity contribution in [2.45, 2.75) is 50.5 Å². The van der Waals surface area contributed by atoms with Gasteiger partial charge in [0.25, 0.3) is 0 Å². The standard InChI is InChI=1S/C10H18N2O/c11-8(13)10(12)5-3-1-2-4-9(10)6-7-9/h1-7,12H2,(H2,11,13). The van der Waals surface area contributed by atoms with Crippen LogP contribution >= 0.6 is 0 Å². The van der Waals surface area contributed by atoms with Gasteiger partial charge in [-0.05, 0) is 31.1 Å². The second-order valence-electron chi connectivity index (χ2n) is 4.68. The Kier molecular flexibility index (Phi) is 1.88. The topological polar surface area (TPSA) is 69.1 Å². The minimum Gasteiger partial charge on any atom is -0.368 e. The lowest BCUT2D eigenvalue weighted by Crippen LogP contribution is -2.58. The summed E-state index contributed by atoms with van der Waals surface area (Å²) in [5, 5.41) is 0. The van der Waals surface area contributed by atoms with E-state index in [1.807, 2.05) is 0 Å². The third-order valence-electron chi connectivity index (χ3n) is 3.97. The maximum absolute atomic E-state index is 11.4. The van der Waals surface area contributed by atoms with Crippen molar-refractivity contribution < 1.29 is 4.79 Å². The van der Waals surface area contributed by atoms with Crippen molar-refractivity contribution in [3.8, 4) is 0 Å². The molecule has 0 aromatic rings. The molecular formula is C10H18N2O. The molecule has 0 aromatic carbocycles. The van der Waals surface area contributed by atoms with Crippen LogP contribution in [0.5, 0.6) is 0 Å². The summed E-state index contributed by atoms with van der Waals surface area (Å²) < 4.78 is 0. The molecule has 0 heterocycles. The second kappa shape index (κ2) is 2.71. The highest BCUT2D eigenvalue weighted by Crippen LogP contribution is 2.59. The molecule has 2 rings (SSSR count). The van der Waals surface area contributed by atoms with Gasteiger partial charge in [0.1, 0.15) is 5.54 Å². The van der Waals surface area contributed by atoms with Crippen LogP contribution in [0.15, 0.2) is 0 Å². The van der Waals surface area contributed by atoms with E-state index in [1.165, 1.54) is 12.8 Å². The molecule has 2 fully saturated rings. The molecule has 0 aromatic heterocycles. The first-order valence-electron chi connectivity index (χ1n) is 5.20. The van der Waals surface area contributed by atoms with Crippen LogP contribution in [0.1, 0.15) is 44.9 Å². The van der Waals surface area contributed by atoms with Crippen LogP contribution in [0, 0.1) is 5.41 Å². The van der Waals surface area contributed by atoms with Gasteiger partial charge in [-0.3, -0.25) is 4.79 Å². The van der Waals surface area contributed by atoms with Crippen molar-refractivity contribution in [2.24, 2.45) is 16.9 Å². The number of primary amides is 1. The second-order valence-corrected chi connectivity index (χ2v) is 4.68. The van der Waals surface area contributed by atoms with Crippen molar-refractivity contribution in [1.82, 2.24) is 0 Å². The van der Waals surface area contributed by atoms with E-state index in [-0.39, 0.29) is 11.3 Å². The average Bonchev–Trinajstić information content (AvgIpc) is 2.85. The van der Waals surface area contributed by atoms with Crippen molar-refractivity contribution in [1.29, 1.82) is 0 Å².